The Morgan fingerprint density at radius 3 is 2.47 bits per heavy atom. The van der Waals surface area contributed by atoms with Crippen molar-refractivity contribution in [1.29, 1.82) is 0 Å². The fraction of sp³-hybridized carbons (Fsp3) is 0.538. The second kappa shape index (κ2) is 8.57. The number of nitrogens with zero attached hydrogens (tertiary/aromatic N) is 1. The van der Waals surface area contributed by atoms with Crippen LogP contribution < -0.4 is 5.32 Å². The van der Waals surface area contributed by atoms with E-state index in [-0.39, 0.29) is 25.1 Å². The maximum Gasteiger partial charge on any atom is 0.0912 e. The molecule has 0 saturated carbocycles. The van der Waals surface area contributed by atoms with Gasteiger partial charge in [-0.15, -0.1) is 12.4 Å². The highest BCUT2D eigenvalue weighted by Gasteiger charge is 2.22. The van der Waals surface area contributed by atoms with Crippen LogP contribution in [0.2, 0.25) is 0 Å². The summed E-state index contributed by atoms with van der Waals surface area (Å²) in [5.41, 5.74) is 1.18. The van der Waals surface area contributed by atoms with E-state index in [2.05, 4.69) is 54.2 Å². The molecule has 1 aromatic rings. The third-order valence-electron chi connectivity index (χ3n) is 3.30. The summed E-state index contributed by atoms with van der Waals surface area (Å²) in [5, 5.41) is 3.33. The lowest BCUT2D eigenvalue weighted by Crippen LogP contribution is -2.45. The van der Waals surface area contributed by atoms with Crippen molar-refractivity contribution in [3.05, 3.63) is 32.7 Å². The first-order valence-corrected chi connectivity index (χ1v) is 7.76. The smallest absolute Gasteiger partial charge is 0.0912 e. The lowest BCUT2D eigenvalue weighted by Gasteiger charge is -2.35. The van der Waals surface area contributed by atoms with Crippen molar-refractivity contribution in [1.82, 2.24) is 10.2 Å². The molecule has 2 rings (SSSR count). The Morgan fingerprint density at radius 1 is 1.21 bits per heavy atom. The van der Waals surface area contributed by atoms with Crippen molar-refractivity contribution in [2.45, 2.75) is 12.5 Å². The van der Waals surface area contributed by atoms with Gasteiger partial charge < -0.3 is 5.32 Å². The number of rotatable bonds is 4. The maximum absolute atomic E-state index is 12.8. The molecular weight excluding hydrogens is 398 g/mol. The Kier molecular flexibility index (Phi) is 7.84. The number of benzene rings is 1. The van der Waals surface area contributed by atoms with Crippen LogP contribution in [0.3, 0.4) is 0 Å². The van der Waals surface area contributed by atoms with E-state index >= 15 is 0 Å². The summed E-state index contributed by atoms with van der Waals surface area (Å²) < 4.78 is 14.9. The van der Waals surface area contributed by atoms with E-state index in [0.29, 0.717) is 6.42 Å². The summed E-state index contributed by atoms with van der Waals surface area (Å²) in [5.74, 6) is 0. The molecule has 0 unspecified atom stereocenters. The molecule has 108 valence electrons. The summed E-state index contributed by atoms with van der Waals surface area (Å²) in [4.78, 5) is 2.37. The summed E-state index contributed by atoms with van der Waals surface area (Å²) in [6.45, 7) is 3.67. The molecule has 1 aliphatic rings. The molecule has 0 bridgehead atoms. The lowest BCUT2D eigenvalue weighted by atomic mass is 10.0. The van der Waals surface area contributed by atoms with Gasteiger partial charge in [0.25, 0.3) is 0 Å². The van der Waals surface area contributed by atoms with Gasteiger partial charge in [0.05, 0.1) is 6.67 Å². The van der Waals surface area contributed by atoms with E-state index < -0.39 is 0 Å². The van der Waals surface area contributed by atoms with Crippen molar-refractivity contribution in [2.24, 2.45) is 0 Å². The van der Waals surface area contributed by atoms with Gasteiger partial charge in [0.15, 0.2) is 0 Å². The van der Waals surface area contributed by atoms with E-state index in [0.717, 1.165) is 35.1 Å². The Balaban J connectivity index is 0.00000180. The molecule has 0 aromatic heterocycles. The molecule has 1 N–H and O–H groups in total. The van der Waals surface area contributed by atoms with Crippen LogP contribution in [-0.4, -0.2) is 37.8 Å². The fourth-order valence-corrected chi connectivity index (χ4v) is 3.02. The predicted molar refractivity (Wildman–Crippen MR) is 86.9 cm³/mol. The molecule has 0 radical (unpaired) electrons. The summed E-state index contributed by atoms with van der Waals surface area (Å²) >= 11 is 6.99. The van der Waals surface area contributed by atoms with Gasteiger partial charge in [-0.05, 0) is 56.0 Å². The molecule has 0 spiro atoms. The van der Waals surface area contributed by atoms with Crippen molar-refractivity contribution in [3.63, 3.8) is 0 Å². The molecule has 1 atom stereocenters. The molecule has 1 aromatic carbocycles. The largest absolute Gasteiger partial charge is 0.314 e. The van der Waals surface area contributed by atoms with Crippen LogP contribution in [0.1, 0.15) is 18.0 Å². The van der Waals surface area contributed by atoms with E-state index in [1.807, 2.05) is 6.07 Å². The van der Waals surface area contributed by atoms with Crippen LogP contribution >= 0.6 is 44.3 Å². The average molecular weight is 417 g/mol. The van der Waals surface area contributed by atoms with E-state index in [1.165, 1.54) is 5.56 Å². The van der Waals surface area contributed by atoms with Crippen molar-refractivity contribution < 1.29 is 4.39 Å². The van der Waals surface area contributed by atoms with E-state index in [9.17, 15) is 4.39 Å². The van der Waals surface area contributed by atoms with E-state index in [1.54, 1.807) is 0 Å². The molecule has 0 amide bonds. The number of hydrogen-bond acceptors (Lipinski definition) is 2. The van der Waals surface area contributed by atoms with Crippen LogP contribution in [0.5, 0.6) is 0 Å². The maximum atomic E-state index is 12.8. The summed E-state index contributed by atoms with van der Waals surface area (Å²) in [6, 6.07) is 6.37. The second-order valence-electron chi connectivity index (χ2n) is 4.45. The van der Waals surface area contributed by atoms with Gasteiger partial charge in [-0.25, -0.2) is 0 Å². The van der Waals surface area contributed by atoms with Crippen LogP contribution in [0, 0.1) is 0 Å². The number of halogens is 4. The molecule has 1 fully saturated rings. The van der Waals surface area contributed by atoms with Crippen molar-refractivity contribution in [3.8, 4) is 0 Å². The predicted octanol–water partition coefficient (Wildman–Crippen LogP) is 3.94. The van der Waals surface area contributed by atoms with Gasteiger partial charge in [-0.3, -0.25) is 9.29 Å². The zero-order valence-electron chi connectivity index (χ0n) is 10.5. The minimum Gasteiger partial charge on any atom is -0.314 e. The van der Waals surface area contributed by atoms with Gasteiger partial charge in [-0.1, -0.05) is 6.07 Å². The molecule has 1 saturated heterocycles. The lowest BCUT2D eigenvalue weighted by molar-refractivity contribution is 0.157. The van der Waals surface area contributed by atoms with Gasteiger partial charge in [-0.2, -0.15) is 0 Å². The highest BCUT2D eigenvalue weighted by molar-refractivity contribution is 9.13. The Hall–Kier alpha value is 0.320. The van der Waals surface area contributed by atoms with Gasteiger partial charge in [0, 0.05) is 41.2 Å². The van der Waals surface area contributed by atoms with E-state index in [4.69, 9.17) is 0 Å². The van der Waals surface area contributed by atoms with Crippen LogP contribution in [0.25, 0.3) is 0 Å². The van der Waals surface area contributed by atoms with Crippen LogP contribution in [-0.2, 0) is 0 Å². The standard InChI is InChI=1S/C13H17Br2FN2.ClH/c14-11-2-1-10(9-12(11)15)13(3-4-16)18-7-5-17-6-8-18;/h1-2,9,13,17H,3-8H2;1H/t13-;/m0./s1. The quantitative estimate of drug-likeness (QED) is 0.800. The highest BCUT2D eigenvalue weighted by Crippen LogP contribution is 2.31. The third kappa shape index (κ3) is 4.67. The Morgan fingerprint density at radius 2 is 1.89 bits per heavy atom. The second-order valence-corrected chi connectivity index (χ2v) is 6.16. The molecule has 0 aliphatic carbocycles. The van der Waals surface area contributed by atoms with Crippen LogP contribution in [0.15, 0.2) is 27.1 Å². The molecule has 2 nitrogen and oxygen atoms in total. The number of hydrogen-bond donors (Lipinski definition) is 1. The fourth-order valence-electron chi connectivity index (χ4n) is 2.38. The van der Waals surface area contributed by atoms with Crippen molar-refractivity contribution >= 4 is 44.3 Å². The molecule has 19 heavy (non-hydrogen) atoms. The average Bonchev–Trinajstić information content (AvgIpc) is 2.40. The first kappa shape index (κ1) is 17.4. The van der Waals surface area contributed by atoms with Gasteiger partial charge >= 0.3 is 0 Å². The zero-order valence-corrected chi connectivity index (χ0v) is 14.5. The normalized spacial score (nSPS) is 17.8. The zero-order chi connectivity index (χ0) is 13.0. The van der Waals surface area contributed by atoms with Crippen molar-refractivity contribution in [2.75, 3.05) is 32.9 Å². The first-order valence-electron chi connectivity index (χ1n) is 6.18. The van der Waals surface area contributed by atoms with Gasteiger partial charge in [0.1, 0.15) is 0 Å². The Bertz CT molecular complexity index is 400. The molecule has 1 heterocycles. The third-order valence-corrected chi connectivity index (χ3v) is 5.18. The number of nitrogens with one attached hydrogen (secondary N) is 1. The summed E-state index contributed by atoms with van der Waals surface area (Å²) in [6.07, 6.45) is 0.564. The van der Waals surface area contributed by atoms with Gasteiger partial charge in [0.2, 0.25) is 0 Å². The first-order chi connectivity index (χ1) is 8.72. The minimum absolute atomic E-state index is 0. The molecular formula is C13H18Br2ClFN2. The topological polar surface area (TPSA) is 15.3 Å². The Labute approximate surface area is 136 Å². The summed E-state index contributed by atoms with van der Waals surface area (Å²) in [7, 11) is 0. The number of piperazine rings is 1. The highest BCUT2D eigenvalue weighted by atomic mass is 79.9. The number of alkyl halides is 1. The van der Waals surface area contributed by atoms with Crippen LogP contribution in [0.4, 0.5) is 4.39 Å². The molecule has 6 heteroatoms. The minimum atomic E-state index is -0.276. The molecule has 1 aliphatic heterocycles. The SMILES string of the molecule is Cl.FCC[C@@H](c1ccc(Br)c(Br)c1)N1CCNCC1. The monoisotopic (exact) mass is 414 g/mol.